The van der Waals surface area contributed by atoms with Gasteiger partial charge in [-0.25, -0.2) is 4.68 Å². The number of rotatable bonds is 2. The second-order valence-electron chi connectivity index (χ2n) is 3.70. The molecule has 0 fully saturated rings. The van der Waals surface area contributed by atoms with Crippen LogP contribution in [0.2, 0.25) is 0 Å². The van der Waals surface area contributed by atoms with E-state index in [1.165, 1.54) is 0 Å². The van der Waals surface area contributed by atoms with Crippen LogP contribution in [0.3, 0.4) is 0 Å². The summed E-state index contributed by atoms with van der Waals surface area (Å²) >= 11 is 3.47. The first-order valence-electron chi connectivity index (χ1n) is 5.03. The molecule has 17 heavy (non-hydrogen) atoms. The fourth-order valence-electron chi connectivity index (χ4n) is 1.64. The molecule has 2 aromatic heterocycles. The highest BCUT2D eigenvalue weighted by Crippen LogP contribution is 2.23. The Hall–Kier alpha value is -1.69. The summed E-state index contributed by atoms with van der Waals surface area (Å²) in [5.41, 5.74) is 8.73. The fraction of sp³-hybridized carbons (Fsp3) is 0.182. The Morgan fingerprint density at radius 2 is 2.18 bits per heavy atom. The maximum atomic E-state index is 7.55. The minimum atomic E-state index is 0.00563. The standard InChI is InChI=1S/C11H12BrN5/c1-6-10(12)7(2)17(16-6)9-5-15-4-3-8(9)11(13)14/h3-5H,1-2H3,(H3,13,14). The molecule has 88 valence electrons. The number of nitrogens with zero attached hydrogens (tertiary/aromatic N) is 3. The molecule has 0 aliphatic carbocycles. The van der Waals surface area contributed by atoms with Crippen LogP contribution in [0.1, 0.15) is 17.0 Å². The molecule has 6 heteroatoms. The van der Waals surface area contributed by atoms with Crippen LogP contribution in [0, 0.1) is 19.3 Å². The summed E-state index contributed by atoms with van der Waals surface area (Å²) in [7, 11) is 0. The smallest absolute Gasteiger partial charge is 0.125 e. The van der Waals surface area contributed by atoms with E-state index < -0.39 is 0 Å². The van der Waals surface area contributed by atoms with Gasteiger partial charge in [0.15, 0.2) is 0 Å². The van der Waals surface area contributed by atoms with Gasteiger partial charge < -0.3 is 5.73 Å². The summed E-state index contributed by atoms with van der Waals surface area (Å²) in [5.74, 6) is 0.00563. The molecule has 0 atom stereocenters. The Kier molecular flexibility index (Phi) is 2.97. The number of amidine groups is 1. The van der Waals surface area contributed by atoms with Gasteiger partial charge in [0, 0.05) is 11.8 Å². The van der Waals surface area contributed by atoms with Gasteiger partial charge in [-0.2, -0.15) is 5.10 Å². The quantitative estimate of drug-likeness (QED) is 0.656. The number of halogens is 1. The number of nitrogens with two attached hydrogens (primary N) is 1. The Morgan fingerprint density at radius 1 is 1.47 bits per heavy atom. The Labute approximate surface area is 107 Å². The predicted molar refractivity (Wildman–Crippen MR) is 69.5 cm³/mol. The number of hydrogen-bond acceptors (Lipinski definition) is 3. The SMILES string of the molecule is Cc1nn(-c2cnccc2C(=N)N)c(C)c1Br. The number of aryl methyl sites for hydroxylation is 1. The van der Waals surface area contributed by atoms with Gasteiger partial charge in [0.05, 0.1) is 27.7 Å². The lowest BCUT2D eigenvalue weighted by molar-refractivity contribution is 0.826. The van der Waals surface area contributed by atoms with Crippen molar-refractivity contribution in [1.29, 1.82) is 5.41 Å². The molecule has 0 aliphatic rings. The molecule has 2 heterocycles. The topological polar surface area (TPSA) is 80.6 Å². The molecule has 0 radical (unpaired) electrons. The number of hydrogen-bond donors (Lipinski definition) is 2. The third-order valence-corrected chi connectivity index (χ3v) is 3.67. The molecule has 2 rings (SSSR count). The second-order valence-corrected chi connectivity index (χ2v) is 4.50. The predicted octanol–water partition coefficient (Wildman–Crippen LogP) is 1.93. The van der Waals surface area contributed by atoms with Crippen molar-refractivity contribution in [2.75, 3.05) is 0 Å². The number of pyridine rings is 1. The van der Waals surface area contributed by atoms with Crippen molar-refractivity contribution in [2.45, 2.75) is 13.8 Å². The first-order valence-corrected chi connectivity index (χ1v) is 5.82. The Bertz CT molecular complexity index is 588. The van der Waals surface area contributed by atoms with Crippen LogP contribution in [0.4, 0.5) is 0 Å². The van der Waals surface area contributed by atoms with Gasteiger partial charge in [-0.05, 0) is 35.8 Å². The molecule has 0 saturated heterocycles. The van der Waals surface area contributed by atoms with Crippen molar-refractivity contribution in [3.8, 4) is 5.69 Å². The molecule has 0 amide bonds. The lowest BCUT2D eigenvalue weighted by Crippen LogP contribution is -2.16. The summed E-state index contributed by atoms with van der Waals surface area (Å²) in [5, 5.41) is 12.0. The van der Waals surface area contributed by atoms with Gasteiger partial charge in [0.25, 0.3) is 0 Å². The molecule has 0 aromatic carbocycles. The van der Waals surface area contributed by atoms with E-state index >= 15 is 0 Å². The third kappa shape index (κ3) is 1.95. The van der Waals surface area contributed by atoms with E-state index in [0.717, 1.165) is 15.9 Å². The molecule has 5 nitrogen and oxygen atoms in total. The fourth-order valence-corrected chi connectivity index (χ4v) is 1.89. The van der Waals surface area contributed by atoms with Gasteiger partial charge in [-0.1, -0.05) is 0 Å². The minimum Gasteiger partial charge on any atom is -0.384 e. The molecule has 3 N–H and O–H groups in total. The monoisotopic (exact) mass is 293 g/mol. The number of nitrogen functional groups attached to an aromatic ring is 1. The van der Waals surface area contributed by atoms with Crippen molar-refractivity contribution in [2.24, 2.45) is 5.73 Å². The van der Waals surface area contributed by atoms with Crippen molar-refractivity contribution in [3.63, 3.8) is 0 Å². The summed E-state index contributed by atoms with van der Waals surface area (Å²) in [4.78, 5) is 4.06. The van der Waals surface area contributed by atoms with Gasteiger partial charge in [-0.15, -0.1) is 0 Å². The van der Waals surface area contributed by atoms with Crippen molar-refractivity contribution < 1.29 is 0 Å². The lowest BCUT2D eigenvalue weighted by atomic mass is 10.2. The third-order valence-electron chi connectivity index (χ3n) is 2.52. The molecule has 0 unspecified atom stereocenters. The van der Waals surface area contributed by atoms with Crippen LogP contribution in [-0.2, 0) is 0 Å². The average Bonchev–Trinajstić information content (AvgIpc) is 2.57. The summed E-state index contributed by atoms with van der Waals surface area (Å²) in [6.45, 7) is 3.86. The summed E-state index contributed by atoms with van der Waals surface area (Å²) in [6, 6.07) is 1.71. The van der Waals surface area contributed by atoms with E-state index in [9.17, 15) is 0 Å². The first-order chi connectivity index (χ1) is 8.02. The lowest BCUT2D eigenvalue weighted by Gasteiger charge is -2.08. The van der Waals surface area contributed by atoms with E-state index in [4.69, 9.17) is 11.1 Å². The van der Waals surface area contributed by atoms with Crippen LogP contribution < -0.4 is 5.73 Å². The van der Waals surface area contributed by atoms with Crippen LogP contribution >= 0.6 is 15.9 Å². The van der Waals surface area contributed by atoms with Crippen LogP contribution in [0.5, 0.6) is 0 Å². The zero-order valence-corrected chi connectivity index (χ0v) is 11.1. The molecular formula is C11H12BrN5. The van der Waals surface area contributed by atoms with Gasteiger partial charge in [0.2, 0.25) is 0 Å². The molecule has 0 aliphatic heterocycles. The largest absolute Gasteiger partial charge is 0.384 e. The summed E-state index contributed by atoms with van der Waals surface area (Å²) in [6.07, 6.45) is 3.27. The molecule has 2 aromatic rings. The molecular weight excluding hydrogens is 282 g/mol. The van der Waals surface area contributed by atoms with Crippen LogP contribution in [0.15, 0.2) is 22.9 Å². The highest BCUT2D eigenvalue weighted by molar-refractivity contribution is 9.10. The Morgan fingerprint density at radius 3 is 2.71 bits per heavy atom. The zero-order valence-electron chi connectivity index (χ0n) is 9.53. The number of nitrogens with one attached hydrogen (secondary N) is 1. The first kappa shape index (κ1) is 11.8. The van der Waals surface area contributed by atoms with E-state index in [1.807, 2.05) is 13.8 Å². The maximum absolute atomic E-state index is 7.55. The van der Waals surface area contributed by atoms with E-state index in [0.29, 0.717) is 11.3 Å². The second kappa shape index (κ2) is 4.29. The van der Waals surface area contributed by atoms with E-state index in [1.54, 1.807) is 23.1 Å². The van der Waals surface area contributed by atoms with Gasteiger partial charge in [0.1, 0.15) is 5.84 Å². The van der Waals surface area contributed by atoms with E-state index in [2.05, 4.69) is 26.0 Å². The van der Waals surface area contributed by atoms with Gasteiger partial charge >= 0.3 is 0 Å². The Balaban J connectivity index is 2.68. The molecule has 0 spiro atoms. The van der Waals surface area contributed by atoms with Crippen molar-refractivity contribution in [3.05, 3.63) is 39.9 Å². The maximum Gasteiger partial charge on any atom is 0.125 e. The van der Waals surface area contributed by atoms with Crippen molar-refractivity contribution in [1.82, 2.24) is 14.8 Å². The van der Waals surface area contributed by atoms with E-state index in [-0.39, 0.29) is 5.84 Å². The minimum absolute atomic E-state index is 0.00563. The number of aromatic nitrogens is 3. The molecule has 0 bridgehead atoms. The van der Waals surface area contributed by atoms with Crippen LogP contribution in [0.25, 0.3) is 5.69 Å². The van der Waals surface area contributed by atoms with Crippen LogP contribution in [-0.4, -0.2) is 20.6 Å². The summed E-state index contributed by atoms with van der Waals surface area (Å²) < 4.78 is 2.69. The zero-order chi connectivity index (χ0) is 12.6. The molecule has 0 saturated carbocycles. The van der Waals surface area contributed by atoms with Gasteiger partial charge in [-0.3, -0.25) is 10.4 Å². The normalized spacial score (nSPS) is 10.5. The van der Waals surface area contributed by atoms with Crippen molar-refractivity contribution >= 4 is 21.8 Å². The average molecular weight is 294 g/mol. The highest BCUT2D eigenvalue weighted by atomic mass is 79.9. The highest BCUT2D eigenvalue weighted by Gasteiger charge is 2.14.